The van der Waals surface area contributed by atoms with Crippen molar-refractivity contribution in [2.45, 2.75) is 13.6 Å². The topological polar surface area (TPSA) is 113 Å². The number of aryl methyl sites for hydroxylation is 1. The van der Waals surface area contributed by atoms with E-state index < -0.39 is 17.8 Å². The predicted octanol–water partition coefficient (Wildman–Crippen LogP) is 0.965. The number of para-hydroxylation sites is 1. The van der Waals surface area contributed by atoms with Gasteiger partial charge in [-0.1, -0.05) is 12.1 Å². The van der Waals surface area contributed by atoms with E-state index in [1.54, 1.807) is 25.3 Å². The van der Waals surface area contributed by atoms with Crippen molar-refractivity contribution in [3.8, 4) is 0 Å². The van der Waals surface area contributed by atoms with Crippen LogP contribution in [0.3, 0.4) is 0 Å². The van der Waals surface area contributed by atoms with Crippen molar-refractivity contribution in [2.24, 2.45) is 0 Å². The molecule has 8 nitrogen and oxygen atoms in total. The molecule has 1 aromatic heterocycles. The van der Waals surface area contributed by atoms with E-state index in [1.807, 2.05) is 0 Å². The van der Waals surface area contributed by atoms with Gasteiger partial charge in [-0.2, -0.15) is 5.10 Å². The summed E-state index contributed by atoms with van der Waals surface area (Å²) in [5.74, 6) is -4.15. The SMILES string of the molecule is Cc1cccc(C(=O)O)c1N(Cn1cccn1)C(=O)C(=O)O. The fraction of sp³-hybridized carbons (Fsp3) is 0.143. The summed E-state index contributed by atoms with van der Waals surface area (Å²) in [6.45, 7) is 1.40. The first-order valence-electron chi connectivity index (χ1n) is 6.27. The van der Waals surface area contributed by atoms with Gasteiger partial charge in [0.2, 0.25) is 0 Å². The summed E-state index contributed by atoms with van der Waals surface area (Å²) in [6.07, 6.45) is 3.01. The lowest BCUT2D eigenvalue weighted by Gasteiger charge is -2.24. The number of nitrogens with zero attached hydrogens (tertiary/aromatic N) is 3. The van der Waals surface area contributed by atoms with Crippen LogP contribution in [0.2, 0.25) is 0 Å². The molecule has 0 spiro atoms. The molecule has 0 aliphatic heterocycles. The van der Waals surface area contributed by atoms with Crippen LogP contribution in [0, 0.1) is 6.92 Å². The Bertz CT molecular complexity index is 724. The maximum absolute atomic E-state index is 12.0. The molecule has 2 rings (SSSR count). The number of rotatable bonds is 4. The van der Waals surface area contributed by atoms with Crippen LogP contribution < -0.4 is 4.90 Å². The molecule has 0 atom stereocenters. The van der Waals surface area contributed by atoms with Crippen LogP contribution in [-0.4, -0.2) is 37.8 Å². The minimum atomic E-state index is -1.67. The van der Waals surface area contributed by atoms with Gasteiger partial charge in [-0.15, -0.1) is 0 Å². The van der Waals surface area contributed by atoms with Crippen molar-refractivity contribution in [1.82, 2.24) is 9.78 Å². The van der Waals surface area contributed by atoms with Crippen LogP contribution >= 0.6 is 0 Å². The van der Waals surface area contributed by atoms with Gasteiger partial charge >= 0.3 is 17.8 Å². The van der Waals surface area contributed by atoms with Gasteiger partial charge in [-0.25, -0.2) is 9.59 Å². The second-order valence-corrected chi connectivity index (χ2v) is 4.50. The third-order valence-electron chi connectivity index (χ3n) is 3.01. The van der Waals surface area contributed by atoms with Crippen molar-refractivity contribution in [1.29, 1.82) is 0 Å². The zero-order chi connectivity index (χ0) is 16.3. The van der Waals surface area contributed by atoms with Crippen molar-refractivity contribution in [3.05, 3.63) is 47.8 Å². The third kappa shape index (κ3) is 2.95. The average Bonchev–Trinajstić information content (AvgIpc) is 2.97. The number of carbonyl (C=O) groups excluding carboxylic acids is 1. The number of carbonyl (C=O) groups is 3. The minimum Gasteiger partial charge on any atom is -0.478 e. The Morgan fingerprint density at radius 1 is 1.23 bits per heavy atom. The number of hydrogen-bond donors (Lipinski definition) is 2. The Kier molecular flexibility index (Phi) is 4.21. The molecular formula is C14H13N3O5. The van der Waals surface area contributed by atoms with Gasteiger partial charge in [0.25, 0.3) is 0 Å². The number of aliphatic carboxylic acids is 1. The molecule has 1 amide bonds. The summed E-state index contributed by atoms with van der Waals surface area (Å²) < 4.78 is 1.33. The molecule has 2 aromatic rings. The number of hydrogen-bond acceptors (Lipinski definition) is 4. The van der Waals surface area contributed by atoms with Gasteiger partial charge in [0.15, 0.2) is 0 Å². The minimum absolute atomic E-state index is 0.0397. The highest BCUT2D eigenvalue weighted by molar-refractivity contribution is 6.37. The first kappa shape index (κ1) is 15.2. The second-order valence-electron chi connectivity index (χ2n) is 4.50. The average molecular weight is 303 g/mol. The molecule has 0 aliphatic rings. The van der Waals surface area contributed by atoms with E-state index in [0.717, 1.165) is 4.90 Å². The molecule has 0 radical (unpaired) electrons. The van der Waals surface area contributed by atoms with E-state index in [1.165, 1.54) is 23.0 Å². The normalized spacial score (nSPS) is 10.2. The smallest absolute Gasteiger partial charge is 0.395 e. The summed E-state index contributed by atoms with van der Waals surface area (Å²) in [5.41, 5.74) is 0.362. The summed E-state index contributed by atoms with van der Waals surface area (Å²) >= 11 is 0. The van der Waals surface area contributed by atoms with Crippen LogP contribution in [0.1, 0.15) is 15.9 Å². The molecule has 0 saturated carbocycles. The predicted molar refractivity (Wildman–Crippen MR) is 75.5 cm³/mol. The van der Waals surface area contributed by atoms with E-state index in [-0.39, 0.29) is 17.9 Å². The molecule has 22 heavy (non-hydrogen) atoms. The van der Waals surface area contributed by atoms with Crippen molar-refractivity contribution in [3.63, 3.8) is 0 Å². The number of anilines is 1. The van der Waals surface area contributed by atoms with Crippen LogP contribution in [0.15, 0.2) is 36.7 Å². The number of carboxylic acids is 2. The van der Waals surface area contributed by atoms with E-state index in [0.29, 0.717) is 5.56 Å². The molecular weight excluding hydrogens is 290 g/mol. The first-order chi connectivity index (χ1) is 10.4. The van der Waals surface area contributed by atoms with E-state index in [4.69, 9.17) is 5.11 Å². The molecule has 0 aliphatic carbocycles. The molecule has 0 unspecified atom stereocenters. The van der Waals surface area contributed by atoms with Crippen LogP contribution in [0.4, 0.5) is 5.69 Å². The number of aromatic nitrogens is 2. The second kappa shape index (κ2) is 6.08. The number of amides is 1. The third-order valence-corrected chi connectivity index (χ3v) is 3.01. The molecule has 2 N–H and O–H groups in total. The molecule has 114 valence electrons. The summed E-state index contributed by atoms with van der Waals surface area (Å²) in [5, 5.41) is 22.2. The Labute approximate surface area is 125 Å². The monoisotopic (exact) mass is 303 g/mol. The maximum atomic E-state index is 12.0. The lowest BCUT2D eigenvalue weighted by molar-refractivity contribution is -0.149. The molecule has 0 saturated heterocycles. The zero-order valence-corrected chi connectivity index (χ0v) is 11.6. The molecule has 8 heteroatoms. The van der Waals surface area contributed by atoms with Crippen molar-refractivity contribution < 1.29 is 24.6 Å². The molecule has 1 aromatic carbocycles. The van der Waals surface area contributed by atoms with Gasteiger partial charge in [0.05, 0.1) is 11.3 Å². The summed E-state index contributed by atoms with van der Waals surface area (Å²) in [6, 6.07) is 6.06. The Morgan fingerprint density at radius 3 is 2.50 bits per heavy atom. The standard InChI is InChI=1S/C14H13N3O5/c1-9-4-2-5-10(13(19)20)11(9)17(12(18)14(21)22)8-16-7-3-6-15-16/h2-7H,8H2,1H3,(H,19,20)(H,21,22). The highest BCUT2D eigenvalue weighted by atomic mass is 16.4. The Hall–Kier alpha value is -3.16. The van der Waals surface area contributed by atoms with Crippen molar-refractivity contribution in [2.75, 3.05) is 4.90 Å². The molecule has 0 fully saturated rings. The molecule has 0 bridgehead atoms. The van der Waals surface area contributed by atoms with Crippen LogP contribution in [0.25, 0.3) is 0 Å². The van der Waals surface area contributed by atoms with Gasteiger partial charge in [0.1, 0.15) is 6.67 Å². The zero-order valence-electron chi connectivity index (χ0n) is 11.6. The van der Waals surface area contributed by atoms with Crippen molar-refractivity contribution >= 4 is 23.5 Å². The Morgan fingerprint density at radius 2 is 1.95 bits per heavy atom. The van der Waals surface area contributed by atoms with Gasteiger partial charge in [-0.05, 0) is 24.6 Å². The molecule has 1 heterocycles. The lowest BCUT2D eigenvalue weighted by atomic mass is 10.1. The first-order valence-corrected chi connectivity index (χ1v) is 6.27. The largest absolute Gasteiger partial charge is 0.478 e. The summed E-state index contributed by atoms with van der Waals surface area (Å²) in [4.78, 5) is 35.3. The van der Waals surface area contributed by atoms with E-state index in [9.17, 15) is 19.5 Å². The highest BCUT2D eigenvalue weighted by Gasteiger charge is 2.28. The van der Waals surface area contributed by atoms with Crippen LogP contribution in [0.5, 0.6) is 0 Å². The quantitative estimate of drug-likeness (QED) is 0.814. The number of aromatic carboxylic acids is 1. The fourth-order valence-electron chi connectivity index (χ4n) is 2.07. The van der Waals surface area contributed by atoms with E-state index in [2.05, 4.69) is 5.10 Å². The van der Waals surface area contributed by atoms with E-state index >= 15 is 0 Å². The Balaban J connectivity index is 2.56. The van der Waals surface area contributed by atoms with Gasteiger partial charge in [0, 0.05) is 12.4 Å². The highest BCUT2D eigenvalue weighted by Crippen LogP contribution is 2.26. The van der Waals surface area contributed by atoms with Gasteiger partial charge in [-0.3, -0.25) is 14.4 Å². The van der Waals surface area contributed by atoms with Crippen LogP contribution in [-0.2, 0) is 16.3 Å². The number of benzene rings is 1. The lowest BCUT2D eigenvalue weighted by Crippen LogP contribution is -2.39. The maximum Gasteiger partial charge on any atom is 0.395 e. The van der Waals surface area contributed by atoms with Gasteiger partial charge < -0.3 is 10.2 Å². The fourth-order valence-corrected chi connectivity index (χ4v) is 2.07. The summed E-state index contributed by atoms with van der Waals surface area (Å²) in [7, 11) is 0. The number of carboxylic acid groups (broad SMARTS) is 2.